The van der Waals surface area contributed by atoms with E-state index in [9.17, 15) is 4.79 Å². The summed E-state index contributed by atoms with van der Waals surface area (Å²) in [7, 11) is 0. The molecule has 0 aliphatic rings. The Bertz CT molecular complexity index is 151. The fourth-order valence-electron chi connectivity index (χ4n) is 0.117. The number of rotatable bonds is 1. The summed E-state index contributed by atoms with van der Waals surface area (Å²) in [6.45, 7) is 7.72. The first kappa shape index (κ1) is 11.3. The first-order chi connectivity index (χ1) is 4.68. The van der Waals surface area contributed by atoms with Crippen molar-refractivity contribution < 1.29 is 9.53 Å². The second-order valence-electron chi connectivity index (χ2n) is 1.15. The predicted molar refractivity (Wildman–Crippen MR) is 41.0 cm³/mol. The van der Waals surface area contributed by atoms with E-state index in [1.165, 1.54) is 13.0 Å². The molecule has 0 atom stereocenters. The second-order valence-corrected chi connectivity index (χ2v) is 1.15. The molecule has 0 spiro atoms. The Morgan fingerprint density at radius 1 is 1.70 bits per heavy atom. The van der Waals surface area contributed by atoms with Crippen molar-refractivity contribution in [2.24, 2.45) is 0 Å². The quantitative estimate of drug-likeness (QED) is 0.312. The van der Waals surface area contributed by atoms with Crippen LogP contribution in [0.4, 0.5) is 0 Å². The van der Waals surface area contributed by atoms with E-state index in [1.54, 1.807) is 0 Å². The molecule has 0 unspecified atom stereocenters. The monoisotopic (exact) mass is 138 g/mol. The first-order valence-corrected chi connectivity index (χ1v) is 2.54. The summed E-state index contributed by atoms with van der Waals surface area (Å²) in [6.07, 6.45) is 7.16. The van der Waals surface area contributed by atoms with Crippen LogP contribution >= 0.6 is 0 Å². The molecule has 0 aromatic carbocycles. The molecule has 0 N–H and O–H groups in total. The number of allylic oxidation sites excluding steroid dienone is 1. The zero-order valence-corrected chi connectivity index (χ0v) is 5.96. The topological polar surface area (TPSA) is 26.3 Å². The summed E-state index contributed by atoms with van der Waals surface area (Å²) in [4.78, 5) is 9.75. The van der Waals surface area contributed by atoms with Crippen molar-refractivity contribution in [3.63, 3.8) is 0 Å². The highest BCUT2D eigenvalue weighted by Crippen LogP contribution is 1.70. The van der Waals surface area contributed by atoms with Crippen LogP contribution in [0, 0.1) is 12.3 Å². The molecular weight excluding hydrogens is 128 g/mol. The summed E-state index contributed by atoms with van der Waals surface area (Å²) >= 11 is 0. The van der Waals surface area contributed by atoms with Crippen LogP contribution in [0.1, 0.15) is 6.92 Å². The summed E-state index contributed by atoms with van der Waals surface area (Å²) < 4.78 is 4.17. The lowest BCUT2D eigenvalue weighted by molar-refractivity contribution is -0.135. The number of terminal acetylenes is 1. The van der Waals surface area contributed by atoms with Crippen LogP contribution in [0.5, 0.6) is 0 Å². The number of esters is 1. The Kier molecular flexibility index (Phi) is 11.9. The van der Waals surface area contributed by atoms with Crippen molar-refractivity contribution >= 4 is 5.97 Å². The molecule has 54 valence electrons. The molecule has 0 aromatic heterocycles. The number of carbonyl (C=O) groups excluding carboxylic acids is 1. The molecule has 0 saturated heterocycles. The highest BCUT2D eigenvalue weighted by Gasteiger charge is 1.79. The molecule has 2 heteroatoms. The van der Waals surface area contributed by atoms with Gasteiger partial charge in [-0.3, -0.25) is 4.79 Å². The number of hydrogen-bond donors (Lipinski definition) is 0. The zero-order valence-electron chi connectivity index (χ0n) is 5.96. The van der Waals surface area contributed by atoms with Crippen LogP contribution in [-0.2, 0) is 9.53 Å². The molecule has 0 saturated carbocycles. The number of ether oxygens (including phenoxy) is 1. The zero-order chi connectivity index (χ0) is 8.41. The largest absolute Gasteiger partial charge is 0.435 e. The number of carbonyl (C=O) groups is 1. The highest BCUT2D eigenvalue weighted by atomic mass is 16.5. The minimum absolute atomic E-state index is 0.329. The molecule has 0 amide bonds. The maximum Gasteiger partial charge on any atom is 0.307 e. The van der Waals surface area contributed by atoms with Gasteiger partial charge in [0.15, 0.2) is 0 Å². The van der Waals surface area contributed by atoms with E-state index in [-0.39, 0.29) is 5.97 Å². The normalized spacial score (nSPS) is 5.60. The van der Waals surface area contributed by atoms with E-state index in [2.05, 4.69) is 30.2 Å². The van der Waals surface area contributed by atoms with E-state index in [0.717, 1.165) is 6.26 Å². The predicted octanol–water partition coefficient (Wildman–Crippen LogP) is 1.50. The fourth-order valence-corrected chi connectivity index (χ4v) is 0.117. The van der Waals surface area contributed by atoms with Gasteiger partial charge in [0, 0.05) is 6.92 Å². The fraction of sp³-hybridized carbons (Fsp3) is 0.125. The van der Waals surface area contributed by atoms with Gasteiger partial charge in [0.1, 0.15) is 0 Å². The van der Waals surface area contributed by atoms with E-state index in [4.69, 9.17) is 0 Å². The maximum atomic E-state index is 9.75. The van der Waals surface area contributed by atoms with Gasteiger partial charge >= 0.3 is 5.97 Å². The Balaban J connectivity index is 0. The van der Waals surface area contributed by atoms with Gasteiger partial charge in [0.25, 0.3) is 0 Å². The van der Waals surface area contributed by atoms with Gasteiger partial charge in [-0.1, -0.05) is 19.1 Å². The molecule has 0 aromatic rings. The van der Waals surface area contributed by atoms with E-state index < -0.39 is 0 Å². The molecule has 0 bridgehead atoms. The molecule has 0 aliphatic heterocycles. The lowest BCUT2D eigenvalue weighted by atomic mass is 10.7. The molecular formula is C8H10O2. The molecule has 0 rings (SSSR count). The van der Waals surface area contributed by atoms with Crippen molar-refractivity contribution in [3.8, 4) is 12.3 Å². The smallest absolute Gasteiger partial charge is 0.307 e. The van der Waals surface area contributed by atoms with Crippen LogP contribution in [0.3, 0.4) is 0 Å². The van der Waals surface area contributed by atoms with Crippen LogP contribution in [0.25, 0.3) is 0 Å². The molecule has 0 aliphatic carbocycles. The van der Waals surface area contributed by atoms with Gasteiger partial charge in [-0.2, -0.15) is 0 Å². The van der Waals surface area contributed by atoms with Crippen molar-refractivity contribution in [2.45, 2.75) is 6.92 Å². The minimum atomic E-state index is -0.329. The van der Waals surface area contributed by atoms with Crippen molar-refractivity contribution in [1.82, 2.24) is 0 Å². The Morgan fingerprint density at radius 3 is 2.10 bits per heavy atom. The first-order valence-electron chi connectivity index (χ1n) is 2.54. The summed E-state index contributed by atoms with van der Waals surface area (Å²) in [6, 6.07) is 0. The van der Waals surface area contributed by atoms with Crippen molar-refractivity contribution in [3.05, 3.63) is 25.5 Å². The Hall–Kier alpha value is -1.49. The standard InChI is InChI=1S/C4H6O2.C4H4/c1-3-6-4(2)5;1-3-4-2/h3H,1H2,2H3;1,4H,2H2. The summed E-state index contributed by atoms with van der Waals surface area (Å²) in [5, 5.41) is 0. The third-order valence-corrected chi connectivity index (χ3v) is 0.367. The van der Waals surface area contributed by atoms with Crippen LogP contribution < -0.4 is 0 Å². The molecule has 2 nitrogen and oxygen atoms in total. The van der Waals surface area contributed by atoms with Gasteiger partial charge in [-0.25, -0.2) is 0 Å². The van der Waals surface area contributed by atoms with Crippen molar-refractivity contribution in [1.29, 1.82) is 0 Å². The van der Waals surface area contributed by atoms with Gasteiger partial charge in [0.2, 0.25) is 0 Å². The Labute approximate surface area is 61.2 Å². The molecule has 0 heterocycles. The molecule has 0 fully saturated rings. The van der Waals surface area contributed by atoms with Gasteiger partial charge in [0.05, 0.1) is 6.26 Å². The SMILES string of the molecule is C#CC=C.C=COC(C)=O. The summed E-state index contributed by atoms with van der Waals surface area (Å²) in [5.74, 6) is 1.87. The Morgan fingerprint density at radius 2 is 2.10 bits per heavy atom. The van der Waals surface area contributed by atoms with Gasteiger partial charge in [-0.05, 0) is 6.08 Å². The van der Waals surface area contributed by atoms with Crippen LogP contribution in [0.15, 0.2) is 25.5 Å². The molecule has 10 heavy (non-hydrogen) atoms. The third kappa shape index (κ3) is 31.4. The highest BCUT2D eigenvalue weighted by molar-refractivity contribution is 5.66. The average Bonchev–Trinajstić information content (AvgIpc) is 1.89. The second kappa shape index (κ2) is 10.5. The van der Waals surface area contributed by atoms with E-state index in [1.807, 2.05) is 0 Å². The lowest BCUT2D eigenvalue weighted by Gasteiger charge is -1.83. The van der Waals surface area contributed by atoms with E-state index in [0.29, 0.717) is 0 Å². The van der Waals surface area contributed by atoms with Crippen molar-refractivity contribution in [2.75, 3.05) is 0 Å². The van der Waals surface area contributed by atoms with E-state index >= 15 is 0 Å². The lowest BCUT2D eigenvalue weighted by Crippen LogP contribution is -1.87. The molecule has 0 radical (unpaired) electrons. The van der Waals surface area contributed by atoms with Crippen LogP contribution in [0.2, 0.25) is 0 Å². The maximum absolute atomic E-state index is 9.75. The summed E-state index contributed by atoms with van der Waals surface area (Å²) in [5.41, 5.74) is 0. The minimum Gasteiger partial charge on any atom is -0.435 e. The van der Waals surface area contributed by atoms with Gasteiger partial charge < -0.3 is 4.74 Å². The van der Waals surface area contributed by atoms with Gasteiger partial charge in [-0.15, -0.1) is 6.42 Å². The average molecular weight is 138 g/mol. The number of hydrogen-bond acceptors (Lipinski definition) is 2. The third-order valence-electron chi connectivity index (χ3n) is 0.367. The van der Waals surface area contributed by atoms with Crippen LogP contribution in [-0.4, -0.2) is 5.97 Å².